The van der Waals surface area contributed by atoms with Crippen molar-refractivity contribution in [2.24, 2.45) is 5.41 Å². The van der Waals surface area contributed by atoms with Crippen LogP contribution in [0.1, 0.15) is 102 Å². The van der Waals surface area contributed by atoms with Crippen LogP contribution in [0.2, 0.25) is 0 Å². The number of alkyl halides is 3. The van der Waals surface area contributed by atoms with E-state index in [2.05, 4.69) is 35.7 Å². The van der Waals surface area contributed by atoms with E-state index in [0.29, 0.717) is 85.2 Å². The van der Waals surface area contributed by atoms with Crippen molar-refractivity contribution in [3.05, 3.63) is 76.6 Å². The van der Waals surface area contributed by atoms with Gasteiger partial charge < -0.3 is 30.7 Å². The SMILES string of the molecule is CNC(=O)CCCC(CC1(COc2cc3c(N[C@H](C)c4cc(N)cc(C(F)(F)F)c4)nc(C)nc3cc2OC)CC1)N1CCN(c2ccc3c(c2)C(=O)N(C2CCC(=O)NC2=O)C3=O)CC1. The van der Waals surface area contributed by atoms with Gasteiger partial charge in [-0.25, -0.2) is 9.97 Å². The highest BCUT2D eigenvalue weighted by Gasteiger charge is 2.47. The van der Waals surface area contributed by atoms with Gasteiger partial charge in [-0.3, -0.25) is 39.1 Å². The molecule has 1 aliphatic carbocycles. The Morgan fingerprint density at radius 3 is 2.41 bits per heavy atom. The van der Waals surface area contributed by atoms with E-state index in [0.717, 1.165) is 48.4 Å². The van der Waals surface area contributed by atoms with Crippen LogP contribution in [-0.4, -0.2) is 108 Å². The van der Waals surface area contributed by atoms with Crippen LogP contribution in [0.4, 0.5) is 30.4 Å². The van der Waals surface area contributed by atoms with Gasteiger partial charge in [-0.15, -0.1) is 0 Å². The van der Waals surface area contributed by atoms with Gasteiger partial charge in [0.15, 0.2) is 11.5 Å². The van der Waals surface area contributed by atoms with Crippen LogP contribution < -0.4 is 36.1 Å². The van der Waals surface area contributed by atoms with Crippen molar-refractivity contribution in [3.8, 4) is 11.5 Å². The molecule has 8 rings (SSSR count). The first-order valence-electron chi connectivity index (χ1n) is 22.2. The van der Waals surface area contributed by atoms with Gasteiger partial charge in [0.1, 0.15) is 17.7 Å². The summed E-state index contributed by atoms with van der Waals surface area (Å²) in [5, 5.41) is 8.82. The molecule has 4 aromatic rings. The minimum absolute atomic E-state index is 0.00117. The summed E-state index contributed by atoms with van der Waals surface area (Å²) >= 11 is 0. The second kappa shape index (κ2) is 18.4. The summed E-state index contributed by atoms with van der Waals surface area (Å²) in [6.45, 7) is 6.60. The number of aryl methyl sites for hydroxylation is 1. The van der Waals surface area contributed by atoms with Crippen LogP contribution in [0.25, 0.3) is 10.9 Å². The van der Waals surface area contributed by atoms with E-state index < -0.39 is 47.5 Å². The molecule has 0 radical (unpaired) electrons. The standard InChI is InChI=1S/C47H54F3N9O7/c1-26(28-18-29(47(48,49)50)20-30(51)19-28)53-42-35-22-39(38(65-4)23-36(35)54-27(2)55-42)66-25-46(12-13-46)24-32(6-5-7-40(60)52-3)58-16-14-57(15-17-58)31-8-9-33-34(21-31)45(64)59(44(33)63)37-10-11-41(61)56-43(37)62/h8-9,18-23,26,32,37H,5-7,10-17,24-25,51H2,1-4H3,(H,52,60)(H,53,54,55)(H,56,61,62)/t26-,32?,37?/m1/s1. The number of piperazine rings is 1. The number of nitrogens with one attached hydrogen (secondary N) is 3. The van der Waals surface area contributed by atoms with Gasteiger partial charge in [0.25, 0.3) is 11.8 Å². The number of nitrogens with zero attached hydrogens (tertiary/aromatic N) is 5. The van der Waals surface area contributed by atoms with Gasteiger partial charge in [0, 0.05) is 80.4 Å². The molecule has 5 amide bonds. The number of halogens is 3. The molecule has 3 aromatic carbocycles. The van der Waals surface area contributed by atoms with Gasteiger partial charge >= 0.3 is 6.18 Å². The third-order valence-electron chi connectivity index (χ3n) is 13.2. The number of benzene rings is 3. The number of aromatic nitrogens is 2. The van der Waals surface area contributed by atoms with Crippen molar-refractivity contribution in [1.29, 1.82) is 0 Å². The van der Waals surface area contributed by atoms with Gasteiger partial charge in [-0.1, -0.05) is 0 Å². The van der Waals surface area contributed by atoms with Crippen molar-refractivity contribution >= 4 is 57.6 Å². The number of amides is 5. The third kappa shape index (κ3) is 9.71. The molecule has 3 fully saturated rings. The molecule has 19 heteroatoms. The second-order valence-electron chi connectivity index (χ2n) is 17.8. The van der Waals surface area contributed by atoms with E-state index in [4.69, 9.17) is 15.2 Å². The Morgan fingerprint density at radius 2 is 1.73 bits per heavy atom. The smallest absolute Gasteiger partial charge is 0.416 e. The molecule has 66 heavy (non-hydrogen) atoms. The molecule has 1 saturated carbocycles. The van der Waals surface area contributed by atoms with E-state index in [9.17, 15) is 37.1 Å². The summed E-state index contributed by atoms with van der Waals surface area (Å²) in [6.07, 6.45) is 0.182. The molecular weight excluding hydrogens is 860 g/mol. The van der Waals surface area contributed by atoms with E-state index in [1.54, 1.807) is 52.3 Å². The summed E-state index contributed by atoms with van der Waals surface area (Å²) < 4.78 is 53.4. The zero-order chi connectivity index (χ0) is 47.1. The van der Waals surface area contributed by atoms with Gasteiger partial charge in [0.2, 0.25) is 17.7 Å². The number of hydrogen-bond acceptors (Lipinski definition) is 13. The highest BCUT2D eigenvalue weighted by atomic mass is 19.4. The van der Waals surface area contributed by atoms with Crippen LogP contribution >= 0.6 is 0 Å². The highest BCUT2D eigenvalue weighted by Crippen LogP contribution is 2.52. The highest BCUT2D eigenvalue weighted by molar-refractivity contribution is 6.23. The lowest BCUT2D eigenvalue weighted by Crippen LogP contribution is -2.54. The average molecular weight is 914 g/mol. The molecule has 1 aromatic heterocycles. The molecule has 3 atom stereocenters. The van der Waals surface area contributed by atoms with Crippen molar-refractivity contribution in [2.75, 3.05) is 62.9 Å². The molecule has 2 unspecified atom stereocenters. The van der Waals surface area contributed by atoms with E-state index in [1.807, 2.05) is 6.07 Å². The number of rotatable bonds is 16. The predicted molar refractivity (Wildman–Crippen MR) is 239 cm³/mol. The molecule has 4 heterocycles. The number of piperidine rings is 1. The Morgan fingerprint density at radius 1 is 0.985 bits per heavy atom. The Kier molecular flexibility index (Phi) is 12.8. The second-order valence-corrected chi connectivity index (χ2v) is 17.8. The lowest BCUT2D eigenvalue weighted by atomic mass is 9.92. The lowest BCUT2D eigenvalue weighted by molar-refractivity contribution is -0.138. The summed E-state index contributed by atoms with van der Waals surface area (Å²) in [5.41, 5.74) is 7.07. The molecule has 2 saturated heterocycles. The average Bonchev–Trinajstić information content (AvgIpc) is 4.01. The molecule has 16 nitrogen and oxygen atoms in total. The number of carbonyl (C=O) groups excluding carboxylic acids is 5. The largest absolute Gasteiger partial charge is 0.493 e. The molecule has 0 bridgehead atoms. The zero-order valence-electron chi connectivity index (χ0n) is 37.3. The number of imide groups is 2. The van der Waals surface area contributed by atoms with Crippen molar-refractivity contribution in [2.45, 2.75) is 89.5 Å². The maximum absolute atomic E-state index is 13.7. The number of anilines is 3. The van der Waals surface area contributed by atoms with Gasteiger partial charge in [-0.2, -0.15) is 13.2 Å². The fraction of sp³-hybridized carbons (Fsp3) is 0.468. The topological polar surface area (TPSA) is 201 Å². The van der Waals surface area contributed by atoms with Crippen LogP contribution in [0.15, 0.2) is 48.5 Å². The Hall–Kier alpha value is -6.50. The van der Waals surface area contributed by atoms with Crippen LogP contribution in [-0.2, 0) is 20.6 Å². The van der Waals surface area contributed by atoms with Crippen molar-refractivity contribution in [3.63, 3.8) is 0 Å². The maximum Gasteiger partial charge on any atom is 0.416 e. The summed E-state index contributed by atoms with van der Waals surface area (Å²) in [5.74, 6) is -0.376. The number of fused-ring (bicyclic) bond motifs is 2. The summed E-state index contributed by atoms with van der Waals surface area (Å²) in [6, 6.07) is 10.7. The van der Waals surface area contributed by atoms with E-state index >= 15 is 0 Å². The number of ether oxygens (including phenoxy) is 2. The number of methoxy groups -OCH3 is 1. The number of hydrogen-bond donors (Lipinski definition) is 4. The van der Waals surface area contributed by atoms with Crippen molar-refractivity contribution in [1.82, 2.24) is 30.4 Å². The Balaban J connectivity index is 0.956. The van der Waals surface area contributed by atoms with Gasteiger partial charge in [-0.05, 0) is 100 Å². The summed E-state index contributed by atoms with van der Waals surface area (Å²) in [4.78, 5) is 78.3. The molecule has 4 aliphatic rings. The van der Waals surface area contributed by atoms with Gasteiger partial charge in [0.05, 0.1) is 42.0 Å². The monoisotopic (exact) mass is 913 g/mol. The molecule has 3 aliphatic heterocycles. The first-order valence-corrected chi connectivity index (χ1v) is 22.2. The summed E-state index contributed by atoms with van der Waals surface area (Å²) in [7, 11) is 3.18. The first-order chi connectivity index (χ1) is 31.4. The quantitative estimate of drug-likeness (QED) is 0.0780. The fourth-order valence-corrected chi connectivity index (χ4v) is 9.37. The van der Waals surface area contributed by atoms with E-state index in [-0.39, 0.29) is 47.0 Å². The number of nitrogen functional groups attached to an aromatic ring is 1. The fourth-order valence-electron chi connectivity index (χ4n) is 9.37. The first kappa shape index (κ1) is 46.0. The molecular formula is C47H54F3N9O7. The Labute approximate surface area is 379 Å². The minimum atomic E-state index is -4.56. The third-order valence-corrected chi connectivity index (χ3v) is 13.2. The van der Waals surface area contributed by atoms with Crippen molar-refractivity contribution < 1.29 is 46.6 Å². The molecule has 350 valence electrons. The van der Waals surface area contributed by atoms with Crippen LogP contribution in [0, 0.1) is 12.3 Å². The zero-order valence-corrected chi connectivity index (χ0v) is 37.3. The number of nitrogens with two attached hydrogens (primary N) is 1. The lowest BCUT2D eigenvalue weighted by Gasteiger charge is -2.41. The van der Waals surface area contributed by atoms with Crippen LogP contribution in [0.3, 0.4) is 0 Å². The minimum Gasteiger partial charge on any atom is -0.493 e. The van der Waals surface area contributed by atoms with E-state index in [1.165, 1.54) is 6.07 Å². The number of carbonyl (C=O) groups is 5. The Bertz CT molecular complexity index is 2580. The van der Waals surface area contributed by atoms with Crippen LogP contribution in [0.5, 0.6) is 11.5 Å². The maximum atomic E-state index is 13.7. The predicted octanol–water partition coefficient (Wildman–Crippen LogP) is 5.78. The normalized spacial score (nSPS) is 19.3. The molecule has 5 N–H and O–H groups in total. The molecule has 0 spiro atoms.